The van der Waals surface area contributed by atoms with E-state index in [1.807, 2.05) is 0 Å². The summed E-state index contributed by atoms with van der Waals surface area (Å²) < 4.78 is 0. The minimum absolute atomic E-state index is 0.149. The molecule has 2 rings (SSSR count). The van der Waals surface area contributed by atoms with Gasteiger partial charge in [0.2, 0.25) is 0 Å². The molecule has 4 N–H and O–H groups in total. The molecule has 1 saturated carbocycles. The van der Waals surface area contributed by atoms with Crippen LogP contribution in [-0.4, -0.2) is 22.1 Å². The number of H-pyrrole nitrogens is 1. The number of anilines is 1. The summed E-state index contributed by atoms with van der Waals surface area (Å²) in [6.45, 7) is 4.17. The molecule has 5 nitrogen and oxygen atoms in total. The molecule has 1 amide bonds. The molecule has 0 radical (unpaired) electrons. The minimum Gasteiger partial charge on any atom is -0.395 e. The molecule has 0 spiro atoms. The quantitative estimate of drug-likeness (QED) is 0.706. The van der Waals surface area contributed by atoms with Gasteiger partial charge in [-0.3, -0.25) is 9.89 Å². The fourth-order valence-corrected chi connectivity index (χ4v) is 2.34. The minimum atomic E-state index is -0.149. The Balaban J connectivity index is 1.97. The Labute approximate surface area is 114 Å². The highest BCUT2D eigenvalue weighted by Gasteiger charge is 2.26. The van der Waals surface area contributed by atoms with Crippen LogP contribution in [0.25, 0.3) is 0 Å². The van der Waals surface area contributed by atoms with Crippen molar-refractivity contribution in [2.75, 3.05) is 5.73 Å². The van der Waals surface area contributed by atoms with E-state index < -0.39 is 0 Å². The predicted molar refractivity (Wildman–Crippen MR) is 75.9 cm³/mol. The molecule has 0 aliphatic heterocycles. The standard InChI is InChI=1S/C14H24N4O/c1-3-5-11-12(15)13(18-17-11)14(19)16-10(4-2)8-9-6-7-9/h9-10H,3-8,15H2,1-2H3,(H,16,19)(H,17,18). The first kappa shape index (κ1) is 13.9. The summed E-state index contributed by atoms with van der Waals surface area (Å²) in [6.07, 6.45) is 6.44. The molecule has 1 heterocycles. The zero-order chi connectivity index (χ0) is 13.8. The highest BCUT2D eigenvalue weighted by atomic mass is 16.2. The zero-order valence-electron chi connectivity index (χ0n) is 11.8. The number of nitrogens with zero attached hydrogens (tertiary/aromatic N) is 1. The molecule has 1 unspecified atom stereocenters. The van der Waals surface area contributed by atoms with Crippen LogP contribution in [0, 0.1) is 5.92 Å². The first-order valence-corrected chi connectivity index (χ1v) is 7.29. The number of hydrogen-bond acceptors (Lipinski definition) is 3. The molecule has 1 aliphatic rings. The predicted octanol–water partition coefficient (Wildman–Crippen LogP) is 2.25. The Morgan fingerprint density at radius 1 is 1.53 bits per heavy atom. The van der Waals surface area contributed by atoms with Crippen LogP contribution < -0.4 is 11.1 Å². The van der Waals surface area contributed by atoms with Crippen LogP contribution in [0.1, 0.15) is 62.1 Å². The van der Waals surface area contributed by atoms with Crippen LogP contribution in [0.15, 0.2) is 0 Å². The van der Waals surface area contributed by atoms with Crippen molar-refractivity contribution < 1.29 is 4.79 Å². The van der Waals surface area contributed by atoms with Crippen molar-refractivity contribution in [3.63, 3.8) is 0 Å². The van der Waals surface area contributed by atoms with Crippen molar-refractivity contribution >= 4 is 11.6 Å². The third-order valence-electron chi connectivity index (χ3n) is 3.74. The van der Waals surface area contributed by atoms with Crippen LogP contribution in [-0.2, 0) is 6.42 Å². The van der Waals surface area contributed by atoms with Gasteiger partial charge in [-0.15, -0.1) is 0 Å². The van der Waals surface area contributed by atoms with E-state index in [2.05, 4.69) is 29.4 Å². The summed E-state index contributed by atoms with van der Waals surface area (Å²) >= 11 is 0. The van der Waals surface area contributed by atoms with Gasteiger partial charge in [-0.1, -0.05) is 33.1 Å². The first-order chi connectivity index (χ1) is 9.15. The lowest BCUT2D eigenvalue weighted by Gasteiger charge is -2.15. The highest BCUT2D eigenvalue weighted by molar-refractivity contribution is 5.97. The average Bonchev–Trinajstić information content (AvgIpc) is 3.13. The normalized spacial score (nSPS) is 16.3. The Kier molecular flexibility index (Phi) is 4.45. The van der Waals surface area contributed by atoms with E-state index in [0.717, 1.165) is 37.3 Å². The zero-order valence-corrected chi connectivity index (χ0v) is 11.8. The highest BCUT2D eigenvalue weighted by Crippen LogP contribution is 2.34. The van der Waals surface area contributed by atoms with Gasteiger partial charge < -0.3 is 11.1 Å². The molecule has 1 aromatic heterocycles. The SMILES string of the molecule is CCCc1[nH]nc(C(=O)NC(CC)CC2CC2)c1N. The lowest BCUT2D eigenvalue weighted by atomic mass is 10.1. The molecule has 1 aliphatic carbocycles. The van der Waals surface area contributed by atoms with Gasteiger partial charge in [0, 0.05) is 6.04 Å². The lowest BCUT2D eigenvalue weighted by molar-refractivity contribution is 0.0928. The molecule has 1 aromatic rings. The van der Waals surface area contributed by atoms with Gasteiger partial charge in [-0.05, 0) is 25.2 Å². The van der Waals surface area contributed by atoms with Gasteiger partial charge in [0.1, 0.15) is 0 Å². The smallest absolute Gasteiger partial charge is 0.274 e. The molecule has 0 aromatic carbocycles. The third kappa shape index (κ3) is 3.49. The molecule has 19 heavy (non-hydrogen) atoms. The number of rotatable bonds is 7. The summed E-state index contributed by atoms with van der Waals surface area (Å²) in [5, 5.41) is 9.97. The van der Waals surface area contributed by atoms with E-state index in [1.165, 1.54) is 12.8 Å². The number of nitrogen functional groups attached to an aromatic ring is 1. The van der Waals surface area contributed by atoms with E-state index in [1.54, 1.807) is 0 Å². The third-order valence-corrected chi connectivity index (χ3v) is 3.74. The van der Waals surface area contributed by atoms with Gasteiger partial charge in [-0.25, -0.2) is 0 Å². The number of nitrogens with two attached hydrogens (primary N) is 1. The van der Waals surface area contributed by atoms with Crippen molar-refractivity contribution in [2.24, 2.45) is 5.92 Å². The fourth-order valence-electron chi connectivity index (χ4n) is 2.34. The van der Waals surface area contributed by atoms with Crippen LogP contribution >= 0.6 is 0 Å². The fraction of sp³-hybridized carbons (Fsp3) is 0.714. The van der Waals surface area contributed by atoms with E-state index in [4.69, 9.17) is 5.73 Å². The molecule has 1 fully saturated rings. The van der Waals surface area contributed by atoms with Crippen LogP contribution in [0.2, 0.25) is 0 Å². The number of hydrogen-bond donors (Lipinski definition) is 3. The molecular weight excluding hydrogens is 240 g/mol. The van der Waals surface area contributed by atoms with Crippen molar-refractivity contribution in [3.8, 4) is 0 Å². The van der Waals surface area contributed by atoms with Gasteiger partial charge in [-0.2, -0.15) is 5.10 Å². The number of aryl methyl sites for hydroxylation is 1. The summed E-state index contributed by atoms with van der Waals surface area (Å²) in [5.74, 6) is 0.654. The number of carbonyl (C=O) groups excluding carboxylic acids is 1. The van der Waals surface area contributed by atoms with E-state index in [0.29, 0.717) is 11.4 Å². The molecular formula is C14H24N4O. The number of aromatic nitrogens is 2. The number of carbonyl (C=O) groups is 1. The van der Waals surface area contributed by atoms with Gasteiger partial charge in [0.25, 0.3) is 5.91 Å². The maximum atomic E-state index is 12.2. The summed E-state index contributed by atoms with van der Waals surface area (Å²) in [5.41, 5.74) is 7.68. The van der Waals surface area contributed by atoms with E-state index >= 15 is 0 Å². The summed E-state index contributed by atoms with van der Waals surface area (Å²) in [4.78, 5) is 12.2. The molecule has 106 valence electrons. The second-order valence-electron chi connectivity index (χ2n) is 5.47. The second kappa shape index (κ2) is 6.08. The van der Waals surface area contributed by atoms with Gasteiger partial charge in [0.15, 0.2) is 5.69 Å². The summed E-state index contributed by atoms with van der Waals surface area (Å²) in [7, 11) is 0. The number of aromatic amines is 1. The molecule has 0 bridgehead atoms. The number of nitrogens with one attached hydrogen (secondary N) is 2. The second-order valence-corrected chi connectivity index (χ2v) is 5.47. The van der Waals surface area contributed by atoms with Crippen LogP contribution in [0.4, 0.5) is 5.69 Å². The lowest BCUT2D eigenvalue weighted by Crippen LogP contribution is -2.35. The van der Waals surface area contributed by atoms with Crippen molar-refractivity contribution in [1.82, 2.24) is 15.5 Å². The topological polar surface area (TPSA) is 83.8 Å². The largest absolute Gasteiger partial charge is 0.395 e. The Morgan fingerprint density at radius 3 is 2.84 bits per heavy atom. The molecule has 1 atom stereocenters. The van der Waals surface area contributed by atoms with Gasteiger partial charge >= 0.3 is 0 Å². The monoisotopic (exact) mass is 264 g/mol. The van der Waals surface area contributed by atoms with Crippen molar-refractivity contribution in [1.29, 1.82) is 0 Å². The summed E-state index contributed by atoms with van der Waals surface area (Å²) in [6, 6.07) is 0.241. The first-order valence-electron chi connectivity index (χ1n) is 7.29. The Hall–Kier alpha value is -1.52. The van der Waals surface area contributed by atoms with E-state index in [9.17, 15) is 4.79 Å². The van der Waals surface area contributed by atoms with Crippen molar-refractivity contribution in [2.45, 2.75) is 58.4 Å². The van der Waals surface area contributed by atoms with Crippen molar-refractivity contribution in [3.05, 3.63) is 11.4 Å². The van der Waals surface area contributed by atoms with Gasteiger partial charge in [0.05, 0.1) is 11.4 Å². The Bertz CT molecular complexity index is 437. The maximum absolute atomic E-state index is 12.2. The maximum Gasteiger partial charge on any atom is 0.274 e. The molecule has 5 heteroatoms. The Morgan fingerprint density at radius 2 is 2.26 bits per heavy atom. The van der Waals surface area contributed by atoms with Crippen LogP contribution in [0.3, 0.4) is 0 Å². The number of amides is 1. The van der Waals surface area contributed by atoms with E-state index in [-0.39, 0.29) is 11.9 Å². The van der Waals surface area contributed by atoms with Crippen LogP contribution in [0.5, 0.6) is 0 Å². The molecule has 0 saturated heterocycles. The average molecular weight is 264 g/mol.